The predicted molar refractivity (Wildman–Crippen MR) is 363 cm³/mol. The zero-order chi connectivity index (χ0) is 66.5. The lowest BCUT2D eigenvalue weighted by Crippen LogP contribution is -2.30. The molecule has 0 bridgehead atoms. The van der Waals surface area contributed by atoms with Gasteiger partial charge in [0.05, 0.1) is 26.4 Å². The average molecular weight is 1320 g/mol. The third-order valence-corrected chi connectivity index (χ3v) is 18.1. The minimum atomic E-state index is -4.96. The van der Waals surface area contributed by atoms with E-state index in [2.05, 4.69) is 65.8 Å². The van der Waals surface area contributed by atoms with E-state index in [-0.39, 0.29) is 25.7 Å². The molecular weight excluding hydrogens is 1190 g/mol. The van der Waals surface area contributed by atoms with E-state index in [1.807, 2.05) is 0 Å². The molecule has 3 unspecified atom stereocenters. The van der Waals surface area contributed by atoms with Crippen molar-refractivity contribution in [1.82, 2.24) is 0 Å². The normalized spacial score (nSPS) is 14.6. The summed E-state index contributed by atoms with van der Waals surface area (Å²) in [5, 5.41) is 10.6. The number of ether oxygens (including phenoxy) is 4. The van der Waals surface area contributed by atoms with Crippen LogP contribution in [0.5, 0.6) is 0 Å². The lowest BCUT2D eigenvalue weighted by atomic mass is 9.99. The first-order valence-electron chi connectivity index (χ1n) is 36.3. The summed E-state index contributed by atoms with van der Waals surface area (Å²) >= 11 is 0. The summed E-state index contributed by atoms with van der Waals surface area (Å²) in [6.07, 6.45) is 50.7. The lowest BCUT2D eigenvalue weighted by molar-refractivity contribution is -0.161. The van der Waals surface area contributed by atoms with Gasteiger partial charge in [-0.1, -0.05) is 284 Å². The Labute approximate surface area is 548 Å². The molecular formula is C71H134O17P2. The van der Waals surface area contributed by atoms with Crippen molar-refractivity contribution < 1.29 is 80.2 Å². The maximum atomic E-state index is 13.0. The Kier molecular flexibility index (Phi) is 60.9. The summed E-state index contributed by atoms with van der Waals surface area (Å²) in [5.74, 6) is -0.654. The van der Waals surface area contributed by atoms with E-state index in [1.54, 1.807) is 0 Å². The van der Waals surface area contributed by atoms with Crippen molar-refractivity contribution in [3.63, 3.8) is 0 Å². The van der Waals surface area contributed by atoms with Crippen molar-refractivity contribution in [1.29, 1.82) is 0 Å². The second kappa shape index (κ2) is 62.6. The molecule has 0 aliphatic rings. The van der Waals surface area contributed by atoms with Gasteiger partial charge >= 0.3 is 39.5 Å². The number of rotatable bonds is 68. The monoisotopic (exact) mass is 1320 g/mol. The number of allylic oxidation sites excluding steroid dienone is 4. The van der Waals surface area contributed by atoms with Crippen LogP contribution in [0.1, 0.15) is 337 Å². The summed E-state index contributed by atoms with van der Waals surface area (Å²) in [7, 11) is -9.91. The smallest absolute Gasteiger partial charge is 0.462 e. The summed E-state index contributed by atoms with van der Waals surface area (Å²) < 4.78 is 68.3. The van der Waals surface area contributed by atoms with Gasteiger partial charge in [0, 0.05) is 25.7 Å². The van der Waals surface area contributed by atoms with Crippen molar-refractivity contribution in [2.45, 2.75) is 355 Å². The highest BCUT2D eigenvalue weighted by Gasteiger charge is 2.30. The molecule has 0 aliphatic heterocycles. The van der Waals surface area contributed by atoms with Crippen LogP contribution in [0.3, 0.4) is 0 Å². The van der Waals surface area contributed by atoms with Crippen LogP contribution in [0.2, 0.25) is 0 Å². The van der Waals surface area contributed by atoms with Crippen LogP contribution in [-0.4, -0.2) is 96.7 Å². The molecule has 0 saturated carbocycles. The number of phosphoric acid groups is 2. The number of aliphatic hydroxyl groups is 1. The van der Waals surface area contributed by atoms with Gasteiger partial charge in [0.1, 0.15) is 19.3 Å². The van der Waals surface area contributed by atoms with Gasteiger partial charge in [-0.15, -0.1) is 0 Å². The van der Waals surface area contributed by atoms with Crippen LogP contribution < -0.4 is 0 Å². The van der Waals surface area contributed by atoms with Crippen LogP contribution in [0, 0.1) is 11.8 Å². The largest absolute Gasteiger partial charge is 0.472 e. The lowest BCUT2D eigenvalue weighted by Gasteiger charge is -2.21. The van der Waals surface area contributed by atoms with Crippen molar-refractivity contribution in [2.75, 3.05) is 39.6 Å². The molecule has 0 aromatic heterocycles. The van der Waals surface area contributed by atoms with E-state index in [0.717, 1.165) is 115 Å². The van der Waals surface area contributed by atoms with Gasteiger partial charge in [-0.2, -0.15) is 0 Å². The molecule has 0 amide bonds. The summed E-state index contributed by atoms with van der Waals surface area (Å²) in [5.41, 5.74) is 0. The summed E-state index contributed by atoms with van der Waals surface area (Å²) in [6.45, 7) is 9.45. The molecule has 0 fully saturated rings. The molecule has 0 saturated heterocycles. The fourth-order valence-corrected chi connectivity index (χ4v) is 11.8. The molecule has 0 aromatic rings. The predicted octanol–water partition coefficient (Wildman–Crippen LogP) is 19.9. The highest BCUT2D eigenvalue weighted by atomic mass is 31.2. The Morgan fingerprint density at radius 1 is 0.367 bits per heavy atom. The van der Waals surface area contributed by atoms with E-state index >= 15 is 0 Å². The minimum Gasteiger partial charge on any atom is -0.462 e. The molecule has 6 atom stereocenters. The number of phosphoric ester groups is 2. The second-order valence-electron chi connectivity index (χ2n) is 25.7. The zero-order valence-electron chi connectivity index (χ0n) is 57.9. The molecule has 0 aromatic carbocycles. The second-order valence-corrected chi connectivity index (χ2v) is 28.6. The van der Waals surface area contributed by atoms with Crippen molar-refractivity contribution in [2.24, 2.45) is 11.8 Å². The Morgan fingerprint density at radius 2 is 0.656 bits per heavy atom. The van der Waals surface area contributed by atoms with Gasteiger partial charge in [0.25, 0.3) is 0 Å². The van der Waals surface area contributed by atoms with Crippen LogP contribution in [0.25, 0.3) is 0 Å². The van der Waals surface area contributed by atoms with Gasteiger partial charge in [-0.05, 0) is 63.2 Å². The molecule has 90 heavy (non-hydrogen) atoms. The van der Waals surface area contributed by atoms with E-state index in [1.165, 1.54) is 141 Å². The zero-order valence-corrected chi connectivity index (χ0v) is 59.7. The molecule has 3 N–H and O–H groups in total. The van der Waals surface area contributed by atoms with Crippen molar-refractivity contribution >= 4 is 39.5 Å². The molecule has 0 rings (SSSR count). The Balaban J connectivity index is 5.30. The molecule has 0 radical (unpaired) electrons. The van der Waals surface area contributed by atoms with E-state index in [9.17, 15) is 43.2 Å². The minimum absolute atomic E-state index is 0.0844. The Bertz CT molecular complexity index is 1850. The van der Waals surface area contributed by atoms with E-state index in [0.29, 0.717) is 25.7 Å². The molecule has 0 aliphatic carbocycles. The topological polar surface area (TPSA) is 237 Å². The number of hydrogen-bond acceptors (Lipinski definition) is 15. The Hall–Kier alpha value is -2.46. The Morgan fingerprint density at radius 3 is 1.00 bits per heavy atom. The highest BCUT2D eigenvalue weighted by molar-refractivity contribution is 7.47. The van der Waals surface area contributed by atoms with Crippen LogP contribution in [0.4, 0.5) is 0 Å². The van der Waals surface area contributed by atoms with Crippen molar-refractivity contribution in [3.8, 4) is 0 Å². The van der Waals surface area contributed by atoms with Crippen LogP contribution in [0.15, 0.2) is 24.3 Å². The first-order valence-corrected chi connectivity index (χ1v) is 39.3. The maximum absolute atomic E-state index is 13.0. The number of hydrogen-bond donors (Lipinski definition) is 3. The fraction of sp³-hybridized carbons (Fsp3) is 0.887. The standard InChI is InChI=1S/C71H134O17P2/c1-7-10-12-14-16-18-20-22-23-24-26-28-38-44-50-56-71(76)88-67(60-82-69(74)54-48-42-36-32-30-34-40-46-52-64(6)9-3)62-86-90(79,80)84-58-65(72)57-83-89(77,78)85-61-66(59-81-68(73)53-47-41-35-31-29-33-39-45-51-63(4)5)87-70(75)55-49-43-37-27-25-21-19-17-15-13-11-8-2/h18,20,22-23,63-67,72H,7-17,19,21,24-62H2,1-6H3,(H,77,78)(H,79,80)/b20-18-,23-22-/t64?,65-,66+,67+/m0/s1. The molecule has 0 spiro atoms. The fourth-order valence-electron chi connectivity index (χ4n) is 10.2. The molecule has 0 heterocycles. The number of carbonyl (C=O) groups excluding carboxylic acids is 4. The number of carbonyl (C=O) groups is 4. The van der Waals surface area contributed by atoms with Gasteiger partial charge in [-0.25, -0.2) is 9.13 Å². The molecule has 530 valence electrons. The van der Waals surface area contributed by atoms with Crippen LogP contribution >= 0.6 is 15.6 Å². The number of esters is 4. The third kappa shape index (κ3) is 63.0. The van der Waals surface area contributed by atoms with Crippen LogP contribution in [-0.2, 0) is 65.4 Å². The summed E-state index contributed by atoms with van der Waals surface area (Å²) in [4.78, 5) is 72.6. The number of aliphatic hydroxyl groups excluding tert-OH is 1. The van der Waals surface area contributed by atoms with E-state index in [4.69, 9.17) is 37.0 Å². The third-order valence-electron chi connectivity index (χ3n) is 16.2. The molecule has 17 nitrogen and oxygen atoms in total. The summed E-state index contributed by atoms with van der Waals surface area (Å²) in [6, 6.07) is 0. The highest BCUT2D eigenvalue weighted by Crippen LogP contribution is 2.45. The van der Waals surface area contributed by atoms with Gasteiger partial charge in [0.2, 0.25) is 0 Å². The average Bonchev–Trinajstić information content (AvgIpc) is 3.37. The first-order chi connectivity index (χ1) is 43.4. The number of unbranched alkanes of at least 4 members (excludes halogenated alkanes) is 34. The van der Waals surface area contributed by atoms with Crippen molar-refractivity contribution in [3.05, 3.63) is 24.3 Å². The maximum Gasteiger partial charge on any atom is 0.472 e. The van der Waals surface area contributed by atoms with Gasteiger partial charge < -0.3 is 33.8 Å². The molecule has 19 heteroatoms. The van der Waals surface area contributed by atoms with E-state index < -0.39 is 97.5 Å². The van der Waals surface area contributed by atoms with Gasteiger partial charge in [0.15, 0.2) is 12.2 Å². The van der Waals surface area contributed by atoms with Gasteiger partial charge in [-0.3, -0.25) is 37.3 Å². The quantitative estimate of drug-likeness (QED) is 0.0169. The SMILES string of the molecule is CCCCCC/C=C\C=C/CCCCCCCC(=O)O[C@H](COC(=O)CCCCCCCCCCC(C)CC)COP(=O)(O)OC[C@@H](O)COP(=O)(O)OC[C@@H](COC(=O)CCCCCCCCCCC(C)C)OC(=O)CCCCCCCCCCCCCC. The first kappa shape index (κ1) is 87.5.